The van der Waals surface area contributed by atoms with Crippen LogP contribution in [0.5, 0.6) is 11.6 Å². The van der Waals surface area contributed by atoms with Crippen LogP contribution >= 0.6 is 0 Å². The molecule has 0 aliphatic rings. The number of aromatic nitrogens is 2. The molecule has 0 radical (unpaired) electrons. The minimum absolute atomic E-state index is 0.573. The van der Waals surface area contributed by atoms with Gasteiger partial charge < -0.3 is 0 Å². The van der Waals surface area contributed by atoms with Gasteiger partial charge in [0.15, 0.2) is 0 Å². The first kappa shape index (κ1) is 11.7. The van der Waals surface area contributed by atoms with Gasteiger partial charge in [-0.1, -0.05) is 0 Å². The third-order valence-corrected chi connectivity index (χ3v) is 3.14. The molecular formula is C13H11AsN2O. The number of rotatable bonds is 2. The van der Waals surface area contributed by atoms with Crippen LogP contribution < -0.4 is 9.09 Å². The summed E-state index contributed by atoms with van der Waals surface area (Å²) in [5.41, 5.74) is 0.730. The monoisotopic (exact) mass is 286 g/mol. The number of hydrogen-bond donors (Lipinski definition) is 0. The normalized spacial score (nSPS) is 9.29. The van der Waals surface area contributed by atoms with Crippen molar-refractivity contribution in [1.29, 1.82) is 0 Å². The molecule has 0 saturated heterocycles. The van der Waals surface area contributed by atoms with E-state index in [9.17, 15) is 0 Å². The van der Waals surface area contributed by atoms with Crippen molar-refractivity contribution in [2.24, 2.45) is 0 Å². The van der Waals surface area contributed by atoms with E-state index < -0.39 is 0 Å². The zero-order valence-electron chi connectivity index (χ0n) is 9.34. The third kappa shape index (κ3) is 2.87. The first-order chi connectivity index (χ1) is 8.31. The van der Waals surface area contributed by atoms with E-state index in [1.54, 1.807) is 6.92 Å². The first-order valence-corrected chi connectivity index (χ1v) is 6.28. The molecule has 4 heteroatoms. The van der Waals surface area contributed by atoms with Gasteiger partial charge in [0.25, 0.3) is 0 Å². The van der Waals surface area contributed by atoms with E-state index in [0.717, 1.165) is 15.8 Å². The van der Waals surface area contributed by atoms with E-state index >= 15 is 0 Å². The molecule has 0 N–H and O–H groups in total. The van der Waals surface area contributed by atoms with Gasteiger partial charge in [-0.3, -0.25) is 0 Å². The van der Waals surface area contributed by atoms with E-state index in [2.05, 4.69) is 21.8 Å². The molecule has 3 nitrogen and oxygen atoms in total. The third-order valence-electron chi connectivity index (χ3n) is 2.05. The van der Waals surface area contributed by atoms with E-state index in [1.165, 1.54) is 23.2 Å². The van der Waals surface area contributed by atoms with Crippen molar-refractivity contribution in [1.82, 2.24) is 9.97 Å². The van der Waals surface area contributed by atoms with Gasteiger partial charge >= 0.3 is 109 Å². The molecule has 0 aliphatic heterocycles. The zero-order valence-corrected chi connectivity index (χ0v) is 11.8. The van der Waals surface area contributed by atoms with Crippen LogP contribution in [-0.2, 0) is 0 Å². The van der Waals surface area contributed by atoms with Gasteiger partial charge in [0, 0.05) is 0 Å². The van der Waals surface area contributed by atoms with Crippen LogP contribution in [0.25, 0.3) is 0 Å². The number of benzene rings is 1. The molecule has 0 saturated carbocycles. The van der Waals surface area contributed by atoms with Crippen LogP contribution in [0.2, 0.25) is 0 Å². The molecule has 1 aromatic heterocycles. The Bertz CT molecular complexity index is 573. The molecule has 1 atom stereocenters. The molecule has 0 amide bonds. The van der Waals surface area contributed by atoms with Gasteiger partial charge in [0.2, 0.25) is 0 Å². The summed E-state index contributed by atoms with van der Waals surface area (Å²) in [6.07, 6.45) is 1.47. The summed E-state index contributed by atoms with van der Waals surface area (Å²) in [6.45, 7) is 1.78. The second-order valence-electron chi connectivity index (χ2n) is 3.23. The molecule has 1 unspecified atom stereocenters. The summed E-state index contributed by atoms with van der Waals surface area (Å²) >= 11 is 1.41. The molecule has 2 aromatic rings. The zero-order chi connectivity index (χ0) is 12.1. The van der Waals surface area contributed by atoms with E-state index in [-0.39, 0.29) is 0 Å². The standard InChI is InChI=1S/C13H11AsN2O/c1-2-6-11-12(14)13(16-9-15-11)17-10-7-4-3-5-8-10/h3-5,7-9H,14H2,1H3. The van der Waals surface area contributed by atoms with Crippen molar-refractivity contribution in [3.8, 4) is 23.5 Å². The van der Waals surface area contributed by atoms with Crippen molar-refractivity contribution in [2.75, 3.05) is 0 Å². The van der Waals surface area contributed by atoms with Gasteiger partial charge in [0.05, 0.1) is 0 Å². The van der Waals surface area contributed by atoms with Crippen LogP contribution in [0.15, 0.2) is 36.7 Å². The van der Waals surface area contributed by atoms with Crippen molar-refractivity contribution >= 4 is 21.2 Å². The fourth-order valence-electron chi connectivity index (χ4n) is 1.28. The topological polar surface area (TPSA) is 35.0 Å². The summed E-state index contributed by atoms with van der Waals surface area (Å²) in [5, 5.41) is 0. The minimum atomic E-state index is 0.573. The Balaban J connectivity index is 2.33. The Hall–Kier alpha value is -1.78. The maximum absolute atomic E-state index is 5.69. The predicted molar refractivity (Wildman–Crippen MR) is 69.3 cm³/mol. The van der Waals surface area contributed by atoms with Gasteiger partial charge in [-0.15, -0.1) is 0 Å². The van der Waals surface area contributed by atoms with Crippen LogP contribution in [-0.4, -0.2) is 26.8 Å². The quantitative estimate of drug-likeness (QED) is 0.608. The van der Waals surface area contributed by atoms with Gasteiger partial charge in [-0.2, -0.15) is 0 Å². The second kappa shape index (κ2) is 5.52. The van der Waals surface area contributed by atoms with Crippen LogP contribution in [0.4, 0.5) is 0 Å². The van der Waals surface area contributed by atoms with Gasteiger partial charge in [-0.05, 0) is 0 Å². The second-order valence-corrected chi connectivity index (χ2v) is 4.44. The molecule has 84 valence electrons. The molecule has 0 aliphatic carbocycles. The average molecular weight is 286 g/mol. The van der Waals surface area contributed by atoms with Crippen molar-refractivity contribution in [3.63, 3.8) is 0 Å². The molecule has 17 heavy (non-hydrogen) atoms. The number of nitrogens with zero attached hydrogens (tertiary/aromatic N) is 2. The Morgan fingerprint density at radius 2 is 1.94 bits per heavy atom. The van der Waals surface area contributed by atoms with Gasteiger partial charge in [0.1, 0.15) is 0 Å². The molecule has 0 fully saturated rings. The molecule has 1 heterocycles. The Labute approximate surface area is 109 Å². The van der Waals surface area contributed by atoms with Gasteiger partial charge in [-0.25, -0.2) is 0 Å². The number of hydrogen-bond acceptors (Lipinski definition) is 3. The summed E-state index contributed by atoms with van der Waals surface area (Å²) in [7, 11) is 0. The summed E-state index contributed by atoms with van der Waals surface area (Å²) in [5.74, 6) is 7.10. The average Bonchev–Trinajstić information content (AvgIpc) is 2.36. The fourth-order valence-corrected chi connectivity index (χ4v) is 1.87. The molecular weight excluding hydrogens is 275 g/mol. The van der Waals surface area contributed by atoms with Crippen molar-refractivity contribution in [3.05, 3.63) is 42.4 Å². The maximum atomic E-state index is 5.69. The molecule has 1 aromatic carbocycles. The molecule has 0 bridgehead atoms. The Kier molecular flexibility index (Phi) is 3.80. The molecule has 2 rings (SSSR count). The first-order valence-electron chi connectivity index (χ1n) is 5.07. The van der Waals surface area contributed by atoms with E-state index in [4.69, 9.17) is 4.74 Å². The Morgan fingerprint density at radius 3 is 2.65 bits per heavy atom. The fraction of sp³-hybridized carbons (Fsp3) is 0.0769. The summed E-state index contributed by atoms with van der Waals surface area (Å²) < 4.78 is 6.61. The number of para-hydroxylation sites is 1. The van der Waals surface area contributed by atoms with Crippen molar-refractivity contribution < 1.29 is 4.74 Å². The van der Waals surface area contributed by atoms with E-state index in [1.807, 2.05) is 30.3 Å². The predicted octanol–water partition coefficient (Wildman–Crippen LogP) is 0.899. The summed E-state index contributed by atoms with van der Waals surface area (Å²) in [4.78, 5) is 8.25. The van der Waals surface area contributed by atoms with E-state index in [0.29, 0.717) is 5.88 Å². The van der Waals surface area contributed by atoms with Crippen molar-refractivity contribution in [2.45, 2.75) is 6.92 Å². The SMILES string of the molecule is CC#Cc1ncnc(Oc2ccccc2)c1[AsH2]. The molecule has 0 spiro atoms. The Morgan fingerprint density at radius 1 is 1.18 bits per heavy atom. The van der Waals surface area contributed by atoms with Crippen LogP contribution in [0, 0.1) is 11.8 Å². The summed E-state index contributed by atoms with van der Waals surface area (Å²) in [6, 6.07) is 9.56. The number of ether oxygens (including phenoxy) is 1. The van der Waals surface area contributed by atoms with Crippen LogP contribution in [0.1, 0.15) is 12.6 Å². The van der Waals surface area contributed by atoms with Crippen LogP contribution in [0.3, 0.4) is 0 Å².